The first-order chi connectivity index (χ1) is 17.9. The molecule has 1 atom stereocenters. The van der Waals surface area contributed by atoms with Crippen molar-refractivity contribution in [1.82, 2.24) is 10.2 Å². The highest BCUT2D eigenvalue weighted by Crippen LogP contribution is 2.34. The third kappa shape index (κ3) is 8.07. The number of benzene rings is 2. The Hall–Kier alpha value is -3.87. The number of amides is 2. The largest absolute Gasteiger partial charge is 0.497 e. The second kappa shape index (κ2) is 13.6. The number of carbonyl (C=O) groups excluding carboxylic acids is 2. The van der Waals surface area contributed by atoms with E-state index in [4.69, 9.17) is 9.47 Å². The van der Waals surface area contributed by atoms with Crippen LogP contribution in [0.4, 0.5) is 11.4 Å². The minimum absolute atomic E-state index is 0.00880. The summed E-state index contributed by atoms with van der Waals surface area (Å²) in [4.78, 5) is 38.4. The van der Waals surface area contributed by atoms with E-state index in [1.165, 1.54) is 31.3 Å². The summed E-state index contributed by atoms with van der Waals surface area (Å²) in [5.74, 6) is -0.434. The summed E-state index contributed by atoms with van der Waals surface area (Å²) in [6.45, 7) is 3.27. The number of hydrogen-bond donors (Lipinski definition) is 1. The van der Waals surface area contributed by atoms with Gasteiger partial charge < -0.3 is 19.7 Å². The van der Waals surface area contributed by atoms with Gasteiger partial charge in [0.05, 0.1) is 25.4 Å². The second-order valence-corrected chi connectivity index (χ2v) is 10.5. The topological polar surface area (TPSA) is 148 Å². The van der Waals surface area contributed by atoms with Crippen molar-refractivity contribution >= 4 is 33.2 Å². The molecular weight excluding hydrogens is 516 g/mol. The highest BCUT2D eigenvalue weighted by atomic mass is 32.2. The lowest BCUT2D eigenvalue weighted by Gasteiger charge is -2.31. The fourth-order valence-corrected chi connectivity index (χ4v) is 4.47. The van der Waals surface area contributed by atoms with Gasteiger partial charge in [0.2, 0.25) is 21.8 Å². The summed E-state index contributed by atoms with van der Waals surface area (Å²) in [6, 6.07) is 9.41. The fraction of sp³-hybridized carbons (Fsp3) is 0.440. The van der Waals surface area contributed by atoms with Crippen LogP contribution in [0.15, 0.2) is 42.5 Å². The van der Waals surface area contributed by atoms with Crippen LogP contribution in [0, 0.1) is 10.1 Å². The first-order valence-corrected chi connectivity index (χ1v) is 13.8. The summed E-state index contributed by atoms with van der Waals surface area (Å²) < 4.78 is 36.7. The van der Waals surface area contributed by atoms with Crippen molar-refractivity contribution < 1.29 is 32.4 Å². The number of non-ortho nitro benzene ring substituents is 1. The van der Waals surface area contributed by atoms with Gasteiger partial charge in [0.1, 0.15) is 29.8 Å². The molecule has 2 amide bonds. The molecule has 0 bridgehead atoms. The van der Waals surface area contributed by atoms with E-state index < -0.39 is 33.4 Å². The van der Waals surface area contributed by atoms with Gasteiger partial charge in [-0.25, -0.2) is 8.42 Å². The maximum atomic E-state index is 13.6. The van der Waals surface area contributed by atoms with E-state index in [1.54, 1.807) is 31.2 Å². The molecule has 1 N–H and O–H groups in total. The Bertz CT molecular complexity index is 1230. The number of nitrogens with zero attached hydrogens (tertiary/aromatic N) is 3. The van der Waals surface area contributed by atoms with Gasteiger partial charge >= 0.3 is 0 Å². The van der Waals surface area contributed by atoms with Crippen LogP contribution in [-0.2, 0) is 26.2 Å². The molecule has 0 radical (unpaired) electrons. The molecule has 0 fully saturated rings. The van der Waals surface area contributed by atoms with Crippen LogP contribution < -0.4 is 19.1 Å². The predicted molar refractivity (Wildman–Crippen MR) is 143 cm³/mol. The van der Waals surface area contributed by atoms with Gasteiger partial charge in [-0.15, -0.1) is 0 Å². The molecule has 2 rings (SSSR count). The third-order valence-corrected chi connectivity index (χ3v) is 6.96. The van der Waals surface area contributed by atoms with Gasteiger partial charge in [-0.1, -0.05) is 25.5 Å². The number of hydrogen-bond acceptors (Lipinski definition) is 8. The first-order valence-electron chi connectivity index (χ1n) is 11.9. The minimum Gasteiger partial charge on any atom is -0.497 e. The summed E-state index contributed by atoms with van der Waals surface area (Å²) in [7, 11) is -1.29. The quantitative estimate of drug-likeness (QED) is 0.214. The number of methoxy groups -OCH3 is 2. The van der Waals surface area contributed by atoms with E-state index in [1.807, 2.05) is 6.92 Å². The Morgan fingerprint density at radius 1 is 1.11 bits per heavy atom. The van der Waals surface area contributed by atoms with Crippen molar-refractivity contribution in [1.29, 1.82) is 0 Å². The Morgan fingerprint density at radius 3 is 2.29 bits per heavy atom. The van der Waals surface area contributed by atoms with Crippen LogP contribution in [0.5, 0.6) is 11.5 Å². The van der Waals surface area contributed by atoms with E-state index in [0.29, 0.717) is 17.9 Å². The molecule has 0 aliphatic heterocycles. The van der Waals surface area contributed by atoms with E-state index in [-0.39, 0.29) is 29.6 Å². The second-order valence-electron chi connectivity index (χ2n) is 8.57. The summed E-state index contributed by atoms with van der Waals surface area (Å²) in [5.41, 5.74) is 0.147. The number of nitro benzene ring substituents is 1. The van der Waals surface area contributed by atoms with Crippen LogP contribution in [0.1, 0.15) is 32.3 Å². The first kappa shape index (κ1) is 30.4. The van der Waals surface area contributed by atoms with Gasteiger partial charge in [-0.2, -0.15) is 0 Å². The number of nitro groups is 1. The van der Waals surface area contributed by atoms with Crippen LogP contribution in [0.25, 0.3) is 0 Å². The van der Waals surface area contributed by atoms with Crippen molar-refractivity contribution in [3.63, 3.8) is 0 Å². The lowest BCUT2D eigenvalue weighted by Crippen LogP contribution is -2.51. The van der Waals surface area contributed by atoms with Crippen molar-refractivity contribution in [2.75, 3.05) is 37.9 Å². The highest BCUT2D eigenvalue weighted by Gasteiger charge is 2.32. The van der Waals surface area contributed by atoms with Crippen molar-refractivity contribution in [3.05, 3.63) is 58.1 Å². The minimum atomic E-state index is -4.10. The number of anilines is 1. The molecule has 0 heterocycles. The van der Waals surface area contributed by atoms with Gasteiger partial charge in [0.15, 0.2) is 0 Å². The number of carbonyl (C=O) groups is 2. The molecule has 0 aliphatic carbocycles. The van der Waals surface area contributed by atoms with Crippen LogP contribution in [0.2, 0.25) is 0 Å². The van der Waals surface area contributed by atoms with E-state index >= 15 is 0 Å². The molecule has 0 unspecified atom stereocenters. The smallest absolute Gasteiger partial charge is 0.271 e. The zero-order valence-corrected chi connectivity index (χ0v) is 23.0. The molecule has 0 aliphatic rings. The Kier molecular flexibility index (Phi) is 10.9. The molecule has 2 aromatic rings. The standard InChI is InChI=1S/C25H34N4O8S/c1-6-7-14-26-25(31)18(2)27(16-19-8-11-21(36-3)12-9-19)24(30)17-28(38(5,34)35)22-15-20(29(32)33)10-13-23(22)37-4/h8-13,15,18H,6-7,14,16-17H2,1-5H3,(H,26,31)/t18-/m0/s1. The maximum absolute atomic E-state index is 13.6. The van der Waals surface area contributed by atoms with E-state index in [2.05, 4.69) is 5.32 Å². The molecule has 2 aromatic carbocycles. The Labute approximate surface area is 222 Å². The lowest BCUT2D eigenvalue weighted by molar-refractivity contribution is -0.384. The molecule has 0 aromatic heterocycles. The van der Waals surface area contributed by atoms with Crippen molar-refractivity contribution in [3.8, 4) is 11.5 Å². The third-order valence-electron chi connectivity index (χ3n) is 5.83. The molecule has 0 saturated heterocycles. The highest BCUT2D eigenvalue weighted by molar-refractivity contribution is 7.92. The molecule has 12 nitrogen and oxygen atoms in total. The Balaban J connectivity index is 2.47. The summed E-state index contributed by atoms with van der Waals surface area (Å²) in [6.07, 6.45) is 2.52. The monoisotopic (exact) mass is 550 g/mol. The van der Waals surface area contributed by atoms with E-state index in [9.17, 15) is 28.1 Å². The predicted octanol–water partition coefficient (Wildman–Crippen LogP) is 2.71. The fourth-order valence-electron chi connectivity index (χ4n) is 3.63. The Morgan fingerprint density at radius 2 is 1.76 bits per heavy atom. The lowest BCUT2D eigenvalue weighted by atomic mass is 10.1. The molecule has 13 heteroatoms. The maximum Gasteiger partial charge on any atom is 0.271 e. The normalized spacial score (nSPS) is 11.8. The van der Waals surface area contributed by atoms with Crippen molar-refractivity contribution in [2.24, 2.45) is 0 Å². The van der Waals surface area contributed by atoms with Crippen molar-refractivity contribution in [2.45, 2.75) is 39.3 Å². The number of sulfonamides is 1. The zero-order chi connectivity index (χ0) is 28.5. The molecule has 0 spiro atoms. The number of unbranched alkanes of at least 4 members (excludes halogenated alkanes) is 1. The van der Waals surface area contributed by atoms with Gasteiger partial charge in [0, 0.05) is 25.2 Å². The molecule has 208 valence electrons. The van der Waals surface area contributed by atoms with Gasteiger partial charge in [-0.3, -0.25) is 24.0 Å². The number of nitrogens with one attached hydrogen (secondary N) is 1. The average molecular weight is 551 g/mol. The summed E-state index contributed by atoms with van der Waals surface area (Å²) >= 11 is 0. The van der Waals surface area contributed by atoms with Crippen LogP contribution in [-0.4, -0.2) is 69.7 Å². The average Bonchev–Trinajstić information content (AvgIpc) is 2.89. The molecular formula is C25H34N4O8S. The summed E-state index contributed by atoms with van der Waals surface area (Å²) in [5, 5.41) is 14.1. The molecule has 0 saturated carbocycles. The van der Waals surface area contributed by atoms with Gasteiger partial charge in [0.25, 0.3) is 5.69 Å². The zero-order valence-electron chi connectivity index (χ0n) is 22.2. The number of rotatable bonds is 14. The SMILES string of the molecule is CCCCNC(=O)[C@H](C)N(Cc1ccc(OC)cc1)C(=O)CN(c1cc([N+](=O)[O-])ccc1OC)S(C)(=O)=O. The van der Waals surface area contributed by atoms with E-state index in [0.717, 1.165) is 29.5 Å². The number of ether oxygens (including phenoxy) is 2. The molecule has 38 heavy (non-hydrogen) atoms. The van der Waals surface area contributed by atoms with Crippen LogP contribution in [0.3, 0.4) is 0 Å². The van der Waals surface area contributed by atoms with Gasteiger partial charge in [-0.05, 0) is 37.1 Å². The van der Waals surface area contributed by atoms with Crippen LogP contribution >= 0.6 is 0 Å².